The van der Waals surface area contributed by atoms with Crippen LogP contribution >= 0.6 is 0 Å². The van der Waals surface area contributed by atoms with Gasteiger partial charge in [-0.05, 0) is 134 Å². The summed E-state index contributed by atoms with van der Waals surface area (Å²) in [5.74, 6) is 0. The first-order valence-electron chi connectivity index (χ1n) is 22.1. The van der Waals surface area contributed by atoms with E-state index in [-0.39, 0.29) is 5.41 Å². The van der Waals surface area contributed by atoms with Crippen molar-refractivity contribution in [1.29, 1.82) is 0 Å². The molecule has 296 valence electrons. The summed E-state index contributed by atoms with van der Waals surface area (Å²) in [6.07, 6.45) is 6.82. The van der Waals surface area contributed by atoms with Gasteiger partial charge in [0, 0.05) is 33.4 Å². The molecule has 0 N–H and O–H groups in total. The third-order valence-corrected chi connectivity index (χ3v) is 13.8. The summed E-state index contributed by atoms with van der Waals surface area (Å²) in [4.78, 5) is 2.34. The molecule has 1 unspecified atom stereocenters. The van der Waals surface area contributed by atoms with Crippen molar-refractivity contribution in [2.45, 2.75) is 18.3 Å². The van der Waals surface area contributed by atoms with Gasteiger partial charge in [0.25, 0.3) is 0 Å². The monoisotopic (exact) mass is 803 g/mol. The lowest BCUT2D eigenvalue weighted by molar-refractivity contribution is 0.668. The van der Waals surface area contributed by atoms with Crippen molar-refractivity contribution in [2.75, 3.05) is 4.90 Å². The molecule has 13 rings (SSSR count). The van der Waals surface area contributed by atoms with Gasteiger partial charge in [-0.25, -0.2) is 0 Å². The summed E-state index contributed by atoms with van der Waals surface area (Å²) < 4.78 is 7.06. The van der Waals surface area contributed by atoms with Gasteiger partial charge in [0.2, 0.25) is 0 Å². The number of benzene rings is 9. The fraction of sp³-hybridized carbons (Fsp3) is 0.0492. The molecule has 0 bridgehead atoms. The molecule has 10 aromatic rings. The van der Waals surface area contributed by atoms with Crippen molar-refractivity contribution < 1.29 is 4.42 Å². The summed E-state index contributed by atoms with van der Waals surface area (Å²) in [7, 11) is 0. The SMILES string of the molecule is C1=CC2=C(CC1)C1(c3ccccc32)c2ccccc2-c2c1ccc1c2oc2cc(-c3ccc(N(c4ccc(-c5ccccc5)cc4)c4ccc(-c5ccccc5)cc4)cc3)ccc21. The molecule has 1 spiro atoms. The first-order chi connectivity index (χ1) is 31.2. The van der Waals surface area contributed by atoms with E-state index in [1.54, 1.807) is 0 Å². The number of hydrogen-bond acceptors (Lipinski definition) is 2. The fourth-order valence-electron chi connectivity index (χ4n) is 11.0. The maximum atomic E-state index is 7.06. The molecule has 0 aliphatic heterocycles. The average molecular weight is 804 g/mol. The molecule has 1 aromatic heterocycles. The Morgan fingerprint density at radius 1 is 0.413 bits per heavy atom. The fourth-order valence-corrected chi connectivity index (χ4v) is 11.0. The zero-order valence-corrected chi connectivity index (χ0v) is 34.6. The second kappa shape index (κ2) is 14.1. The second-order valence-electron chi connectivity index (χ2n) is 17.1. The van der Waals surface area contributed by atoms with Crippen LogP contribution in [0.1, 0.15) is 35.1 Å². The summed E-state index contributed by atoms with van der Waals surface area (Å²) in [5.41, 5.74) is 22.8. The van der Waals surface area contributed by atoms with Crippen LogP contribution in [0.4, 0.5) is 17.1 Å². The van der Waals surface area contributed by atoms with Crippen LogP contribution in [0.25, 0.3) is 72.0 Å². The normalized spacial score (nSPS) is 15.7. The highest BCUT2D eigenvalue weighted by Crippen LogP contribution is 2.64. The van der Waals surface area contributed by atoms with Crippen LogP contribution in [0.2, 0.25) is 0 Å². The largest absolute Gasteiger partial charge is 0.455 e. The number of fused-ring (bicyclic) bond motifs is 13. The van der Waals surface area contributed by atoms with Gasteiger partial charge in [0.1, 0.15) is 11.2 Å². The van der Waals surface area contributed by atoms with E-state index >= 15 is 0 Å². The molecule has 1 atom stereocenters. The highest BCUT2D eigenvalue weighted by molar-refractivity contribution is 6.13. The van der Waals surface area contributed by atoms with Crippen molar-refractivity contribution in [1.82, 2.24) is 0 Å². The predicted molar refractivity (Wildman–Crippen MR) is 262 cm³/mol. The molecule has 63 heavy (non-hydrogen) atoms. The quantitative estimate of drug-likeness (QED) is 0.166. The molecule has 1 heterocycles. The van der Waals surface area contributed by atoms with Gasteiger partial charge in [-0.2, -0.15) is 0 Å². The van der Waals surface area contributed by atoms with Crippen LogP contribution in [-0.2, 0) is 5.41 Å². The molecule has 2 heteroatoms. The van der Waals surface area contributed by atoms with Crippen molar-refractivity contribution in [3.8, 4) is 44.5 Å². The van der Waals surface area contributed by atoms with Crippen LogP contribution in [0, 0.1) is 0 Å². The van der Waals surface area contributed by atoms with E-state index in [1.165, 1.54) is 66.8 Å². The standard InChI is InChI=1S/C61H41NO/c1-3-13-40(14-4-1)42-23-30-46(31-24-42)62(47-32-25-43(26-33-47)41-15-5-2-6-16-41)48-34-27-44(28-35-48)45-29-36-51-52-37-38-57-59(60(52)63-58(51)39-45)53-19-9-12-22-56(53)61(57)54-20-10-7-17-49(54)50-18-8-11-21-55(50)61/h1-10,12-20,22-39H,11,21H2. The molecule has 3 aliphatic rings. The number of furan rings is 1. The minimum Gasteiger partial charge on any atom is -0.455 e. The molecule has 3 aliphatic carbocycles. The Hall–Kier alpha value is -7.94. The molecule has 2 nitrogen and oxygen atoms in total. The van der Waals surface area contributed by atoms with E-state index in [4.69, 9.17) is 4.42 Å². The van der Waals surface area contributed by atoms with E-state index in [9.17, 15) is 0 Å². The first-order valence-corrected chi connectivity index (χ1v) is 22.1. The molecular formula is C61H41NO. The lowest BCUT2D eigenvalue weighted by atomic mass is 9.68. The van der Waals surface area contributed by atoms with Crippen LogP contribution < -0.4 is 4.90 Å². The zero-order chi connectivity index (χ0) is 41.5. The Balaban J connectivity index is 0.893. The Kier molecular flexibility index (Phi) is 7.98. The summed E-state index contributed by atoms with van der Waals surface area (Å²) in [6, 6.07) is 77.4. The molecule has 0 amide bonds. The van der Waals surface area contributed by atoms with E-state index < -0.39 is 0 Å². The van der Waals surface area contributed by atoms with E-state index in [1.807, 2.05) is 0 Å². The molecule has 0 fully saturated rings. The van der Waals surface area contributed by atoms with E-state index in [0.717, 1.165) is 63.0 Å². The van der Waals surface area contributed by atoms with Crippen molar-refractivity contribution in [3.05, 3.63) is 252 Å². The van der Waals surface area contributed by atoms with Gasteiger partial charge >= 0.3 is 0 Å². The van der Waals surface area contributed by atoms with Gasteiger partial charge in [-0.3, -0.25) is 0 Å². The van der Waals surface area contributed by atoms with Gasteiger partial charge in [-0.1, -0.05) is 176 Å². The first kappa shape index (κ1) is 35.8. The predicted octanol–water partition coefficient (Wildman–Crippen LogP) is 16.5. The van der Waals surface area contributed by atoms with Gasteiger partial charge in [-0.15, -0.1) is 0 Å². The Morgan fingerprint density at radius 2 is 0.905 bits per heavy atom. The highest BCUT2D eigenvalue weighted by Gasteiger charge is 2.53. The maximum Gasteiger partial charge on any atom is 0.143 e. The van der Waals surface area contributed by atoms with E-state index in [0.29, 0.717) is 0 Å². The molecule has 0 saturated carbocycles. The van der Waals surface area contributed by atoms with Crippen LogP contribution in [0.15, 0.2) is 234 Å². The maximum absolute atomic E-state index is 7.06. The molecule has 0 radical (unpaired) electrons. The smallest absolute Gasteiger partial charge is 0.143 e. The number of anilines is 3. The summed E-state index contributed by atoms with van der Waals surface area (Å²) in [6.45, 7) is 0. The number of rotatable bonds is 6. The molecule has 0 saturated heterocycles. The Bertz CT molecular complexity index is 3380. The second-order valence-corrected chi connectivity index (χ2v) is 17.1. The van der Waals surface area contributed by atoms with Gasteiger partial charge in [0.15, 0.2) is 0 Å². The van der Waals surface area contributed by atoms with E-state index in [2.05, 4.69) is 229 Å². The number of nitrogens with zero attached hydrogens (tertiary/aromatic N) is 1. The zero-order valence-electron chi connectivity index (χ0n) is 34.6. The Morgan fingerprint density at radius 3 is 1.52 bits per heavy atom. The topological polar surface area (TPSA) is 16.4 Å². The average Bonchev–Trinajstić information content (AvgIpc) is 3.99. The lowest BCUT2D eigenvalue weighted by Gasteiger charge is -2.33. The molecular weight excluding hydrogens is 763 g/mol. The minimum atomic E-state index is -0.315. The van der Waals surface area contributed by atoms with Crippen molar-refractivity contribution >= 4 is 44.6 Å². The van der Waals surface area contributed by atoms with Gasteiger partial charge < -0.3 is 9.32 Å². The lowest BCUT2D eigenvalue weighted by Crippen LogP contribution is -2.27. The van der Waals surface area contributed by atoms with Crippen LogP contribution in [-0.4, -0.2) is 0 Å². The summed E-state index contributed by atoms with van der Waals surface area (Å²) in [5, 5.41) is 2.30. The number of hydrogen-bond donors (Lipinski definition) is 0. The molecule has 9 aromatic carbocycles. The minimum absolute atomic E-state index is 0.315. The third kappa shape index (κ3) is 5.38. The highest BCUT2D eigenvalue weighted by atomic mass is 16.3. The van der Waals surface area contributed by atoms with Gasteiger partial charge in [0.05, 0.1) is 5.41 Å². The van der Waals surface area contributed by atoms with Crippen molar-refractivity contribution in [2.24, 2.45) is 0 Å². The van der Waals surface area contributed by atoms with Crippen LogP contribution in [0.3, 0.4) is 0 Å². The number of allylic oxidation sites excluding steroid dienone is 4. The van der Waals surface area contributed by atoms with Crippen LogP contribution in [0.5, 0.6) is 0 Å². The van der Waals surface area contributed by atoms with Crippen molar-refractivity contribution in [3.63, 3.8) is 0 Å². The Labute approximate surface area is 367 Å². The third-order valence-electron chi connectivity index (χ3n) is 13.8. The summed E-state index contributed by atoms with van der Waals surface area (Å²) >= 11 is 0.